The van der Waals surface area contributed by atoms with Crippen LogP contribution >= 0.6 is 0 Å². The first kappa shape index (κ1) is 16.5. The highest BCUT2D eigenvalue weighted by Gasteiger charge is 2.19. The first-order valence-electron chi connectivity index (χ1n) is 7.78. The zero-order valence-corrected chi connectivity index (χ0v) is 13.8. The Hall–Kier alpha value is -1.88. The summed E-state index contributed by atoms with van der Waals surface area (Å²) in [5.41, 5.74) is 1.04. The van der Waals surface area contributed by atoms with E-state index in [9.17, 15) is 5.11 Å². The second kappa shape index (κ2) is 7.40. The fourth-order valence-corrected chi connectivity index (χ4v) is 2.53. The largest absolute Gasteiger partial charge is 0.496 e. The number of hydrogen-bond acceptors (Lipinski definition) is 4. The number of hydrogen-bond donors (Lipinski definition) is 1. The van der Waals surface area contributed by atoms with Crippen molar-refractivity contribution in [1.29, 1.82) is 0 Å². The zero-order valence-electron chi connectivity index (χ0n) is 13.8. The molecule has 0 fully saturated rings. The Kier molecular flexibility index (Phi) is 5.55. The maximum absolute atomic E-state index is 10.3. The van der Waals surface area contributed by atoms with Gasteiger partial charge in [0.1, 0.15) is 11.9 Å². The van der Waals surface area contributed by atoms with Crippen LogP contribution < -0.4 is 4.74 Å². The van der Waals surface area contributed by atoms with Gasteiger partial charge >= 0.3 is 0 Å². The Labute approximate surface area is 132 Å². The van der Waals surface area contributed by atoms with E-state index in [4.69, 9.17) is 4.74 Å². The number of rotatable bonds is 7. The van der Waals surface area contributed by atoms with E-state index < -0.39 is 6.10 Å². The summed E-state index contributed by atoms with van der Waals surface area (Å²) in [6.45, 7) is 6.88. The fourth-order valence-electron chi connectivity index (χ4n) is 2.53. The fraction of sp³-hybridized carbons (Fsp3) is 0.529. The third kappa shape index (κ3) is 3.85. The quantitative estimate of drug-likeness (QED) is 0.854. The number of aromatic nitrogens is 3. The molecule has 0 amide bonds. The highest BCUT2D eigenvalue weighted by molar-refractivity contribution is 5.35. The van der Waals surface area contributed by atoms with Crippen molar-refractivity contribution >= 4 is 0 Å². The van der Waals surface area contributed by atoms with Crippen molar-refractivity contribution in [2.45, 2.75) is 46.3 Å². The topological polar surface area (TPSA) is 60.2 Å². The molecule has 0 saturated carbocycles. The van der Waals surface area contributed by atoms with Crippen LogP contribution in [0.25, 0.3) is 0 Å². The van der Waals surface area contributed by atoms with Crippen molar-refractivity contribution < 1.29 is 9.84 Å². The minimum absolute atomic E-state index is 0.412. The van der Waals surface area contributed by atoms with Crippen molar-refractivity contribution in [2.75, 3.05) is 7.11 Å². The Morgan fingerprint density at radius 2 is 2.00 bits per heavy atom. The van der Waals surface area contributed by atoms with E-state index in [1.165, 1.54) is 0 Å². The summed E-state index contributed by atoms with van der Waals surface area (Å²) in [5, 5.41) is 14.9. The Morgan fingerprint density at radius 3 is 2.64 bits per heavy atom. The third-order valence-corrected chi connectivity index (χ3v) is 3.58. The lowest BCUT2D eigenvalue weighted by molar-refractivity contribution is 0.136. The SMILES string of the molecule is CCn1nc(Cc2ccccc2OC)nc1C(O)CC(C)C. The Bertz CT molecular complexity index is 608. The van der Waals surface area contributed by atoms with Crippen LogP contribution in [0.3, 0.4) is 0 Å². The van der Waals surface area contributed by atoms with Gasteiger partial charge < -0.3 is 9.84 Å². The van der Waals surface area contributed by atoms with Crippen LogP contribution in [-0.4, -0.2) is 27.0 Å². The molecule has 22 heavy (non-hydrogen) atoms. The molecule has 1 aromatic heterocycles. The molecule has 2 aromatic rings. The minimum atomic E-state index is -0.570. The van der Waals surface area contributed by atoms with Gasteiger partial charge in [-0.25, -0.2) is 9.67 Å². The van der Waals surface area contributed by atoms with E-state index in [2.05, 4.69) is 23.9 Å². The van der Waals surface area contributed by atoms with E-state index >= 15 is 0 Å². The summed E-state index contributed by atoms with van der Waals surface area (Å²) in [4.78, 5) is 4.55. The van der Waals surface area contributed by atoms with Gasteiger partial charge in [0.15, 0.2) is 11.6 Å². The average Bonchev–Trinajstić information content (AvgIpc) is 2.90. The maximum atomic E-state index is 10.3. The van der Waals surface area contributed by atoms with Crippen molar-refractivity contribution in [3.63, 3.8) is 0 Å². The minimum Gasteiger partial charge on any atom is -0.496 e. The van der Waals surface area contributed by atoms with Gasteiger partial charge in [-0.05, 0) is 25.3 Å². The van der Waals surface area contributed by atoms with Crippen LogP contribution in [0.5, 0.6) is 5.75 Å². The standard InChI is InChI=1S/C17H25N3O2/c1-5-20-17(14(21)10-12(2)3)18-16(19-20)11-13-8-6-7-9-15(13)22-4/h6-9,12,14,21H,5,10-11H2,1-4H3. The summed E-state index contributed by atoms with van der Waals surface area (Å²) in [5.74, 6) is 2.61. The first-order valence-corrected chi connectivity index (χ1v) is 7.78. The van der Waals surface area contributed by atoms with Gasteiger partial charge in [-0.3, -0.25) is 0 Å². The molecule has 1 N–H and O–H groups in total. The molecular formula is C17H25N3O2. The number of para-hydroxylation sites is 1. The maximum Gasteiger partial charge on any atom is 0.156 e. The smallest absolute Gasteiger partial charge is 0.156 e. The third-order valence-electron chi connectivity index (χ3n) is 3.58. The molecule has 5 nitrogen and oxygen atoms in total. The van der Waals surface area contributed by atoms with Gasteiger partial charge in [0.05, 0.1) is 7.11 Å². The van der Waals surface area contributed by atoms with Crippen LogP contribution in [0.1, 0.15) is 50.5 Å². The van der Waals surface area contributed by atoms with Crippen molar-refractivity contribution in [3.05, 3.63) is 41.5 Å². The molecule has 1 heterocycles. The molecule has 0 bridgehead atoms. The number of aryl methyl sites for hydroxylation is 1. The average molecular weight is 303 g/mol. The van der Waals surface area contributed by atoms with Crippen LogP contribution in [-0.2, 0) is 13.0 Å². The van der Waals surface area contributed by atoms with Crippen LogP contribution in [0.15, 0.2) is 24.3 Å². The predicted octanol–water partition coefficient (Wildman–Crippen LogP) is 2.98. The van der Waals surface area contributed by atoms with Gasteiger partial charge in [0, 0.05) is 18.5 Å². The Balaban J connectivity index is 2.24. The second-order valence-electron chi connectivity index (χ2n) is 5.84. The normalized spacial score (nSPS) is 12.6. The molecular weight excluding hydrogens is 278 g/mol. The van der Waals surface area contributed by atoms with Crippen molar-refractivity contribution in [2.24, 2.45) is 5.92 Å². The van der Waals surface area contributed by atoms with E-state index in [1.54, 1.807) is 11.8 Å². The zero-order chi connectivity index (χ0) is 16.1. The van der Waals surface area contributed by atoms with E-state index in [0.29, 0.717) is 37.0 Å². The predicted molar refractivity (Wildman–Crippen MR) is 85.9 cm³/mol. The molecule has 0 aliphatic rings. The molecule has 120 valence electrons. The highest BCUT2D eigenvalue weighted by Crippen LogP contribution is 2.23. The molecule has 1 atom stereocenters. The lowest BCUT2D eigenvalue weighted by Gasteiger charge is -2.12. The van der Waals surface area contributed by atoms with Gasteiger partial charge in [-0.1, -0.05) is 32.0 Å². The molecule has 0 radical (unpaired) electrons. The lowest BCUT2D eigenvalue weighted by Crippen LogP contribution is -2.11. The summed E-state index contributed by atoms with van der Waals surface area (Å²) >= 11 is 0. The number of aliphatic hydroxyl groups excluding tert-OH is 1. The monoisotopic (exact) mass is 303 g/mol. The molecule has 1 unspecified atom stereocenters. The van der Waals surface area contributed by atoms with Crippen molar-refractivity contribution in [1.82, 2.24) is 14.8 Å². The number of aliphatic hydroxyl groups is 1. The van der Waals surface area contributed by atoms with Gasteiger partial charge in [0.25, 0.3) is 0 Å². The Morgan fingerprint density at radius 1 is 1.27 bits per heavy atom. The first-order chi connectivity index (χ1) is 10.5. The van der Waals surface area contributed by atoms with Crippen LogP contribution in [0, 0.1) is 5.92 Å². The van der Waals surface area contributed by atoms with Gasteiger partial charge in [-0.2, -0.15) is 5.10 Å². The van der Waals surface area contributed by atoms with Crippen LogP contribution in [0.2, 0.25) is 0 Å². The molecule has 0 spiro atoms. The molecule has 0 aliphatic heterocycles. The summed E-state index contributed by atoms with van der Waals surface area (Å²) in [7, 11) is 1.66. The number of benzene rings is 1. The number of nitrogens with zero attached hydrogens (tertiary/aromatic N) is 3. The molecule has 0 aliphatic carbocycles. The van der Waals surface area contributed by atoms with Gasteiger partial charge in [-0.15, -0.1) is 0 Å². The second-order valence-corrected chi connectivity index (χ2v) is 5.84. The summed E-state index contributed by atoms with van der Waals surface area (Å²) in [6, 6.07) is 7.86. The van der Waals surface area contributed by atoms with E-state index in [0.717, 1.165) is 11.3 Å². The van der Waals surface area contributed by atoms with E-state index in [1.807, 2.05) is 31.2 Å². The molecule has 5 heteroatoms. The number of methoxy groups -OCH3 is 1. The molecule has 0 saturated heterocycles. The molecule has 1 aromatic carbocycles. The lowest BCUT2D eigenvalue weighted by atomic mass is 10.1. The summed E-state index contributed by atoms with van der Waals surface area (Å²) in [6.07, 6.45) is 0.712. The number of ether oxygens (including phenoxy) is 1. The van der Waals surface area contributed by atoms with E-state index in [-0.39, 0.29) is 0 Å². The van der Waals surface area contributed by atoms with Crippen LogP contribution in [0.4, 0.5) is 0 Å². The van der Waals surface area contributed by atoms with Gasteiger partial charge in [0.2, 0.25) is 0 Å². The highest BCUT2D eigenvalue weighted by atomic mass is 16.5. The van der Waals surface area contributed by atoms with Crippen molar-refractivity contribution in [3.8, 4) is 5.75 Å². The summed E-state index contributed by atoms with van der Waals surface area (Å²) < 4.78 is 7.16. The molecule has 2 rings (SSSR count).